The molecule has 2 rings (SSSR count). The third-order valence-electron chi connectivity index (χ3n) is 2.63. The normalized spacial score (nSPS) is 10.6. The van der Waals surface area contributed by atoms with E-state index in [4.69, 9.17) is 21.1 Å². The maximum absolute atomic E-state index is 11.8. The summed E-state index contributed by atoms with van der Waals surface area (Å²) < 4.78 is 10.1. The van der Waals surface area contributed by atoms with Gasteiger partial charge < -0.3 is 14.8 Å². The first-order chi connectivity index (χ1) is 10.7. The highest BCUT2D eigenvalue weighted by molar-refractivity contribution is 6.30. The van der Waals surface area contributed by atoms with Crippen LogP contribution in [-0.4, -0.2) is 24.8 Å². The smallest absolute Gasteiger partial charge is 0.249 e. The van der Waals surface area contributed by atoms with Crippen LogP contribution in [0.3, 0.4) is 0 Å². The quantitative estimate of drug-likeness (QED) is 0.655. The van der Waals surface area contributed by atoms with Crippen LogP contribution in [0.2, 0.25) is 5.02 Å². The predicted molar refractivity (Wildman–Crippen MR) is 85.9 cm³/mol. The van der Waals surface area contributed by atoms with Gasteiger partial charge in [0, 0.05) is 19.4 Å². The second-order valence-electron chi connectivity index (χ2n) is 4.30. The topological polar surface area (TPSA) is 60.5 Å². The molecule has 5 nitrogen and oxygen atoms in total. The average molecular weight is 319 g/mol. The van der Waals surface area contributed by atoms with Crippen molar-refractivity contribution in [2.75, 3.05) is 19.2 Å². The van der Waals surface area contributed by atoms with Gasteiger partial charge in [-0.15, -0.1) is 0 Å². The molecule has 0 aliphatic heterocycles. The Balaban J connectivity index is 1.90. The Kier molecular flexibility index (Phi) is 5.94. The van der Waals surface area contributed by atoms with Crippen molar-refractivity contribution in [3.8, 4) is 5.75 Å². The number of hydrogen-bond acceptors (Lipinski definition) is 4. The fourth-order valence-corrected chi connectivity index (χ4v) is 1.70. The molecule has 6 heteroatoms. The van der Waals surface area contributed by atoms with Gasteiger partial charge in [-0.3, -0.25) is 4.79 Å². The van der Waals surface area contributed by atoms with Gasteiger partial charge in [0.2, 0.25) is 5.91 Å². The number of halogens is 1. The second kappa shape index (κ2) is 8.17. The van der Waals surface area contributed by atoms with Gasteiger partial charge >= 0.3 is 0 Å². The molecule has 0 aliphatic rings. The van der Waals surface area contributed by atoms with Crippen molar-refractivity contribution in [1.82, 2.24) is 4.98 Å². The molecule has 1 amide bonds. The summed E-state index contributed by atoms with van der Waals surface area (Å²) in [6, 6.07) is 10.6. The maximum Gasteiger partial charge on any atom is 0.249 e. The summed E-state index contributed by atoms with van der Waals surface area (Å²) in [4.78, 5) is 15.8. The molecule has 0 spiro atoms. The number of methoxy groups -OCH3 is 1. The van der Waals surface area contributed by atoms with Gasteiger partial charge in [-0.2, -0.15) is 0 Å². The molecule has 1 aromatic heterocycles. The largest absolute Gasteiger partial charge is 0.468 e. The van der Waals surface area contributed by atoms with Crippen LogP contribution in [0.25, 0.3) is 6.08 Å². The zero-order chi connectivity index (χ0) is 15.8. The van der Waals surface area contributed by atoms with E-state index in [-0.39, 0.29) is 12.7 Å². The summed E-state index contributed by atoms with van der Waals surface area (Å²) >= 11 is 5.73. The number of carbonyl (C=O) groups excluding carboxylic acids is 1. The molecule has 0 aliphatic carbocycles. The molecule has 1 heterocycles. The first-order valence-corrected chi connectivity index (χ1v) is 6.87. The van der Waals surface area contributed by atoms with E-state index in [1.807, 2.05) is 12.1 Å². The van der Waals surface area contributed by atoms with Crippen LogP contribution in [0.5, 0.6) is 5.75 Å². The van der Waals surface area contributed by atoms with E-state index in [2.05, 4.69) is 10.3 Å². The summed E-state index contributed by atoms with van der Waals surface area (Å²) in [6.07, 6.45) is 4.60. The predicted octanol–water partition coefficient (Wildman–Crippen LogP) is 3.37. The zero-order valence-electron chi connectivity index (χ0n) is 12.0. The number of rotatable bonds is 6. The minimum Gasteiger partial charge on any atom is -0.468 e. The molecule has 0 radical (unpaired) electrons. The van der Waals surface area contributed by atoms with Crippen molar-refractivity contribution < 1.29 is 14.3 Å². The monoisotopic (exact) mass is 318 g/mol. The molecule has 1 N–H and O–H groups in total. The van der Waals surface area contributed by atoms with Gasteiger partial charge in [0.1, 0.15) is 11.6 Å². The van der Waals surface area contributed by atoms with E-state index in [0.717, 1.165) is 5.56 Å². The summed E-state index contributed by atoms with van der Waals surface area (Å²) in [5, 5.41) is 3.16. The Bertz CT molecular complexity index is 639. The summed E-state index contributed by atoms with van der Waals surface area (Å²) in [7, 11) is 1.56. The van der Waals surface area contributed by atoms with Crippen molar-refractivity contribution in [2.45, 2.75) is 0 Å². The van der Waals surface area contributed by atoms with Crippen LogP contribution in [0.4, 0.5) is 5.82 Å². The Morgan fingerprint density at radius 1 is 1.27 bits per heavy atom. The molecule has 0 fully saturated rings. The summed E-state index contributed by atoms with van der Waals surface area (Å²) in [5.41, 5.74) is 0.879. The summed E-state index contributed by atoms with van der Waals surface area (Å²) in [6.45, 7) is 0.200. The number of hydrogen-bond donors (Lipinski definition) is 1. The van der Waals surface area contributed by atoms with Gasteiger partial charge in [0.05, 0.1) is 5.02 Å². The fraction of sp³-hybridized carbons (Fsp3) is 0.125. The van der Waals surface area contributed by atoms with Crippen molar-refractivity contribution in [3.05, 3.63) is 59.3 Å². The maximum atomic E-state index is 11.8. The van der Waals surface area contributed by atoms with Gasteiger partial charge in [-0.05, 0) is 35.9 Å². The molecule has 0 atom stereocenters. The average Bonchev–Trinajstić information content (AvgIpc) is 2.54. The highest BCUT2D eigenvalue weighted by Crippen LogP contribution is 2.13. The number of anilines is 1. The van der Waals surface area contributed by atoms with Gasteiger partial charge in [-0.25, -0.2) is 4.98 Å². The molecule has 2 aromatic rings. The second-order valence-corrected chi connectivity index (χ2v) is 4.74. The van der Waals surface area contributed by atoms with E-state index in [1.165, 1.54) is 12.3 Å². The number of aromatic nitrogens is 1. The standard InChI is InChI=1S/C16H15ClN2O3/c1-21-11-22-14-6-2-12(3-7-14)4-9-16(20)19-15-8-5-13(17)10-18-15/h2-10H,11H2,1H3,(H,18,19,20)/b9-4+. The lowest BCUT2D eigenvalue weighted by atomic mass is 10.2. The minimum atomic E-state index is -0.269. The number of nitrogens with one attached hydrogen (secondary N) is 1. The Hall–Kier alpha value is -2.37. The summed E-state index contributed by atoms with van der Waals surface area (Å²) in [5.74, 6) is 0.880. The highest BCUT2D eigenvalue weighted by atomic mass is 35.5. The first-order valence-electron chi connectivity index (χ1n) is 6.50. The van der Waals surface area contributed by atoms with Crippen LogP contribution in [-0.2, 0) is 9.53 Å². The molecular formula is C16H15ClN2O3. The SMILES string of the molecule is COCOc1ccc(/C=C/C(=O)Nc2ccc(Cl)cn2)cc1. The van der Waals surface area contributed by atoms with Crippen LogP contribution in [0, 0.1) is 0 Å². The van der Waals surface area contributed by atoms with E-state index >= 15 is 0 Å². The number of amides is 1. The third kappa shape index (κ3) is 5.20. The third-order valence-corrected chi connectivity index (χ3v) is 2.85. The van der Waals surface area contributed by atoms with Crippen molar-refractivity contribution >= 4 is 29.4 Å². The van der Waals surface area contributed by atoms with Crippen LogP contribution < -0.4 is 10.1 Å². The van der Waals surface area contributed by atoms with E-state index in [0.29, 0.717) is 16.6 Å². The molecule has 1 aromatic carbocycles. The molecular weight excluding hydrogens is 304 g/mol. The number of carbonyl (C=O) groups is 1. The van der Waals surface area contributed by atoms with Gasteiger partial charge in [0.15, 0.2) is 6.79 Å². The van der Waals surface area contributed by atoms with E-state index in [1.54, 1.807) is 37.5 Å². The number of pyridine rings is 1. The van der Waals surface area contributed by atoms with Gasteiger partial charge in [-0.1, -0.05) is 23.7 Å². The Morgan fingerprint density at radius 3 is 2.68 bits per heavy atom. The molecule has 114 valence electrons. The van der Waals surface area contributed by atoms with E-state index < -0.39 is 0 Å². The van der Waals surface area contributed by atoms with E-state index in [9.17, 15) is 4.79 Å². The van der Waals surface area contributed by atoms with Gasteiger partial charge in [0.25, 0.3) is 0 Å². The lowest BCUT2D eigenvalue weighted by Crippen LogP contribution is -2.08. The highest BCUT2D eigenvalue weighted by Gasteiger charge is 1.99. The fourth-order valence-electron chi connectivity index (χ4n) is 1.59. The molecule has 0 saturated heterocycles. The Labute approximate surface area is 133 Å². The lowest BCUT2D eigenvalue weighted by Gasteiger charge is -2.04. The van der Waals surface area contributed by atoms with Crippen molar-refractivity contribution in [3.63, 3.8) is 0 Å². The minimum absolute atomic E-state index is 0.200. The Morgan fingerprint density at radius 2 is 2.05 bits per heavy atom. The number of nitrogens with zero attached hydrogens (tertiary/aromatic N) is 1. The lowest BCUT2D eigenvalue weighted by molar-refractivity contribution is -0.111. The van der Waals surface area contributed by atoms with Crippen molar-refractivity contribution in [2.24, 2.45) is 0 Å². The van der Waals surface area contributed by atoms with Crippen LogP contribution in [0.15, 0.2) is 48.7 Å². The zero-order valence-corrected chi connectivity index (χ0v) is 12.7. The first kappa shape index (κ1) is 16.0. The number of ether oxygens (including phenoxy) is 2. The molecule has 22 heavy (non-hydrogen) atoms. The molecule has 0 unspecified atom stereocenters. The van der Waals surface area contributed by atoms with Crippen molar-refractivity contribution in [1.29, 1.82) is 0 Å². The molecule has 0 saturated carbocycles. The number of benzene rings is 1. The van der Waals surface area contributed by atoms with Crippen LogP contribution >= 0.6 is 11.6 Å². The molecule has 0 bridgehead atoms. The van der Waals surface area contributed by atoms with Crippen LogP contribution in [0.1, 0.15) is 5.56 Å².